The fourth-order valence-corrected chi connectivity index (χ4v) is 3.65. The smallest absolute Gasteiger partial charge is 0.224 e. The van der Waals surface area contributed by atoms with Crippen LogP contribution in [0.25, 0.3) is 0 Å². The first kappa shape index (κ1) is 22.1. The molecule has 142 valence electrons. The van der Waals surface area contributed by atoms with Gasteiger partial charge in [0.25, 0.3) is 0 Å². The van der Waals surface area contributed by atoms with Crippen molar-refractivity contribution in [2.45, 2.75) is 45.6 Å². The summed E-state index contributed by atoms with van der Waals surface area (Å²) in [5.41, 5.74) is 6.68. The Hall–Kier alpha value is -0.980. The van der Waals surface area contributed by atoms with Gasteiger partial charge in [-0.2, -0.15) is 0 Å². The van der Waals surface area contributed by atoms with E-state index in [2.05, 4.69) is 21.2 Å². The van der Waals surface area contributed by atoms with Gasteiger partial charge in [-0.1, -0.05) is 22.4 Å². The predicted molar refractivity (Wildman–Crippen MR) is 106 cm³/mol. The van der Waals surface area contributed by atoms with Crippen LogP contribution in [0.5, 0.6) is 11.5 Å². The average molecular weight is 436 g/mol. The maximum Gasteiger partial charge on any atom is 0.224 e. The lowest BCUT2D eigenvalue weighted by molar-refractivity contribution is -0.121. The van der Waals surface area contributed by atoms with E-state index < -0.39 is 0 Å². The number of ether oxygens (including phenoxy) is 2. The molecule has 5 nitrogen and oxygen atoms in total. The Balaban J connectivity index is 0.00000312. The molecular formula is C18H28BrClN2O3. The van der Waals surface area contributed by atoms with Crippen molar-refractivity contribution in [2.75, 3.05) is 19.8 Å². The molecule has 2 unspecified atom stereocenters. The fourth-order valence-electron chi connectivity index (χ4n) is 3.19. The number of hydrogen-bond acceptors (Lipinski definition) is 4. The zero-order valence-electron chi connectivity index (χ0n) is 14.8. The standard InChI is InChI=1S/C18H27BrN2O3.ClH/c1-3-23-16-8-13(14(19)10-17(16)24-4-2)9-18(22)21-15-7-5-6-12(15)11-20;/h8,10,12,15H,3-7,9,11,20H2,1-2H3,(H,21,22);1H. The predicted octanol–water partition coefficient (Wildman–Crippen LogP) is 3.45. The zero-order valence-corrected chi connectivity index (χ0v) is 17.2. The molecule has 1 aliphatic carbocycles. The van der Waals surface area contributed by atoms with Crippen molar-refractivity contribution in [1.82, 2.24) is 5.32 Å². The Morgan fingerprint density at radius 2 is 1.88 bits per heavy atom. The molecule has 0 saturated heterocycles. The molecule has 7 heteroatoms. The first-order valence-electron chi connectivity index (χ1n) is 8.66. The van der Waals surface area contributed by atoms with Crippen LogP contribution in [0.15, 0.2) is 16.6 Å². The molecule has 25 heavy (non-hydrogen) atoms. The molecule has 0 aliphatic heterocycles. The van der Waals surface area contributed by atoms with Gasteiger partial charge < -0.3 is 20.5 Å². The largest absolute Gasteiger partial charge is 0.490 e. The second-order valence-corrected chi connectivity index (χ2v) is 6.89. The van der Waals surface area contributed by atoms with Crippen LogP contribution in [0.3, 0.4) is 0 Å². The van der Waals surface area contributed by atoms with Gasteiger partial charge in [-0.25, -0.2) is 0 Å². The second-order valence-electron chi connectivity index (χ2n) is 6.03. The molecule has 0 radical (unpaired) electrons. The highest BCUT2D eigenvalue weighted by Gasteiger charge is 2.27. The highest BCUT2D eigenvalue weighted by atomic mass is 79.9. The lowest BCUT2D eigenvalue weighted by atomic mass is 10.0. The van der Waals surface area contributed by atoms with Gasteiger partial charge in [0.1, 0.15) is 0 Å². The highest BCUT2D eigenvalue weighted by Crippen LogP contribution is 2.34. The van der Waals surface area contributed by atoms with Crippen molar-refractivity contribution in [2.24, 2.45) is 11.7 Å². The number of halogens is 2. The third-order valence-electron chi connectivity index (χ3n) is 4.37. The van der Waals surface area contributed by atoms with E-state index in [0.717, 1.165) is 29.3 Å². The first-order chi connectivity index (χ1) is 11.6. The molecule has 0 heterocycles. The Morgan fingerprint density at radius 3 is 2.48 bits per heavy atom. The van der Waals surface area contributed by atoms with Crippen molar-refractivity contribution in [3.05, 3.63) is 22.2 Å². The number of benzene rings is 1. The van der Waals surface area contributed by atoms with E-state index in [4.69, 9.17) is 15.2 Å². The number of nitrogens with two attached hydrogens (primary N) is 1. The van der Waals surface area contributed by atoms with Crippen molar-refractivity contribution in [3.8, 4) is 11.5 Å². The van der Waals surface area contributed by atoms with Gasteiger partial charge in [-0.05, 0) is 56.8 Å². The summed E-state index contributed by atoms with van der Waals surface area (Å²) in [6.45, 7) is 5.60. The zero-order chi connectivity index (χ0) is 17.5. The lowest BCUT2D eigenvalue weighted by Crippen LogP contribution is -2.40. The minimum atomic E-state index is 0. The van der Waals surface area contributed by atoms with E-state index in [0.29, 0.717) is 43.6 Å². The van der Waals surface area contributed by atoms with Gasteiger partial charge in [0.05, 0.1) is 19.6 Å². The molecule has 1 aromatic carbocycles. The number of rotatable bonds is 8. The summed E-state index contributed by atoms with van der Waals surface area (Å²) in [5.74, 6) is 1.78. The van der Waals surface area contributed by atoms with Crippen molar-refractivity contribution in [3.63, 3.8) is 0 Å². The van der Waals surface area contributed by atoms with E-state index in [1.807, 2.05) is 26.0 Å². The highest BCUT2D eigenvalue weighted by molar-refractivity contribution is 9.10. The number of carbonyl (C=O) groups excluding carboxylic acids is 1. The van der Waals surface area contributed by atoms with Crippen molar-refractivity contribution >= 4 is 34.2 Å². The molecular weight excluding hydrogens is 408 g/mol. The van der Waals surface area contributed by atoms with Gasteiger partial charge in [0, 0.05) is 10.5 Å². The molecule has 2 rings (SSSR count). The van der Waals surface area contributed by atoms with Gasteiger partial charge >= 0.3 is 0 Å². The minimum Gasteiger partial charge on any atom is -0.490 e. The Kier molecular flexibility index (Phi) is 9.61. The summed E-state index contributed by atoms with van der Waals surface area (Å²) in [4.78, 5) is 12.4. The SMILES string of the molecule is CCOc1cc(Br)c(CC(=O)NC2CCCC2CN)cc1OCC.Cl. The third kappa shape index (κ3) is 6.04. The van der Waals surface area contributed by atoms with Gasteiger partial charge in [0.2, 0.25) is 5.91 Å². The molecule has 1 saturated carbocycles. The summed E-state index contributed by atoms with van der Waals surface area (Å²) in [5, 5.41) is 3.13. The Labute approximate surface area is 164 Å². The van der Waals surface area contributed by atoms with E-state index in [1.54, 1.807) is 0 Å². The van der Waals surface area contributed by atoms with Crippen LogP contribution < -0.4 is 20.5 Å². The summed E-state index contributed by atoms with van der Waals surface area (Å²) < 4.78 is 12.1. The summed E-state index contributed by atoms with van der Waals surface area (Å²) in [6.07, 6.45) is 3.56. The molecule has 3 N–H and O–H groups in total. The Bertz CT molecular complexity index is 571. The Morgan fingerprint density at radius 1 is 1.24 bits per heavy atom. The van der Waals surface area contributed by atoms with Crippen LogP contribution in [0.1, 0.15) is 38.7 Å². The van der Waals surface area contributed by atoms with Crippen LogP contribution in [0, 0.1) is 5.92 Å². The molecule has 2 atom stereocenters. The minimum absolute atomic E-state index is 0. The van der Waals surface area contributed by atoms with E-state index in [-0.39, 0.29) is 24.4 Å². The molecule has 1 aliphatic rings. The molecule has 1 aromatic rings. The van der Waals surface area contributed by atoms with Gasteiger partial charge in [0.15, 0.2) is 11.5 Å². The van der Waals surface area contributed by atoms with E-state index in [1.165, 1.54) is 0 Å². The lowest BCUT2D eigenvalue weighted by Gasteiger charge is -2.20. The number of hydrogen-bond donors (Lipinski definition) is 2. The topological polar surface area (TPSA) is 73.6 Å². The molecule has 1 fully saturated rings. The van der Waals surface area contributed by atoms with Crippen LogP contribution in [0.4, 0.5) is 0 Å². The first-order valence-corrected chi connectivity index (χ1v) is 9.45. The third-order valence-corrected chi connectivity index (χ3v) is 5.11. The monoisotopic (exact) mass is 434 g/mol. The van der Waals surface area contributed by atoms with Crippen LogP contribution in [-0.2, 0) is 11.2 Å². The van der Waals surface area contributed by atoms with Crippen LogP contribution in [-0.4, -0.2) is 31.7 Å². The summed E-state index contributed by atoms with van der Waals surface area (Å²) in [6, 6.07) is 3.96. The van der Waals surface area contributed by atoms with Crippen molar-refractivity contribution in [1.29, 1.82) is 0 Å². The number of nitrogens with one attached hydrogen (secondary N) is 1. The maximum atomic E-state index is 12.4. The van der Waals surface area contributed by atoms with Gasteiger partial charge in [-0.3, -0.25) is 4.79 Å². The quantitative estimate of drug-likeness (QED) is 0.656. The molecule has 1 amide bonds. The molecule has 0 bridgehead atoms. The fraction of sp³-hybridized carbons (Fsp3) is 0.611. The van der Waals surface area contributed by atoms with E-state index >= 15 is 0 Å². The molecule has 0 aromatic heterocycles. The number of carbonyl (C=O) groups is 1. The maximum absolute atomic E-state index is 12.4. The molecule has 0 spiro atoms. The van der Waals surface area contributed by atoms with E-state index in [9.17, 15) is 4.79 Å². The summed E-state index contributed by atoms with van der Waals surface area (Å²) in [7, 11) is 0. The van der Waals surface area contributed by atoms with Crippen LogP contribution in [0.2, 0.25) is 0 Å². The second kappa shape index (κ2) is 10.9. The van der Waals surface area contributed by atoms with Crippen molar-refractivity contribution < 1.29 is 14.3 Å². The normalized spacial score (nSPS) is 19.2. The van der Waals surface area contributed by atoms with Gasteiger partial charge in [-0.15, -0.1) is 12.4 Å². The summed E-state index contributed by atoms with van der Waals surface area (Å²) >= 11 is 3.53. The average Bonchev–Trinajstić information content (AvgIpc) is 2.99. The number of amides is 1. The van der Waals surface area contributed by atoms with Crippen LogP contribution >= 0.6 is 28.3 Å².